The zero-order valence-electron chi connectivity index (χ0n) is 15.6. The first-order valence-corrected chi connectivity index (χ1v) is 10.0. The molecule has 146 valence electrons. The van der Waals surface area contributed by atoms with Crippen molar-refractivity contribution in [2.45, 2.75) is 19.9 Å². The maximum absolute atomic E-state index is 13.1. The van der Waals surface area contributed by atoms with E-state index in [0.717, 1.165) is 28.6 Å². The number of benzene rings is 2. The standard InChI is InChI=1S/C21H17Cl2N5O/c1-12-24-20(26-28(12)19-5-3-2-4-16(19)23)21(29)27-9-8-18-15(11-27)14-10-13(22)6-7-17(14)25-18/h2-7,10,25H,8-9,11H2,1H3. The Labute approximate surface area is 177 Å². The summed E-state index contributed by atoms with van der Waals surface area (Å²) in [6.07, 6.45) is 0.748. The van der Waals surface area contributed by atoms with Crippen LogP contribution in [0.15, 0.2) is 42.5 Å². The molecule has 0 aliphatic carbocycles. The molecule has 0 saturated heterocycles. The van der Waals surface area contributed by atoms with Crippen molar-refractivity contribution in [1.82, 2.24) is 24.6 Å². The van der Waals surface area contributed by atoms with Crippen molar-refractivity contribution in [3.8, 4) is 5.69 Å². The molecule has 29 heavy (non-hydrogen) atoms. The maximum atomic E-state index is 13.1. The molecular formula is C21H17Cl2N5O. The molecule has 0 bridgehead atoms. The minimum absolute atomic E-state index is 0.170. The molecule has 2 aromatic heterocycles. The number of hydrogen-bond acceptors (Lipinski definition) is 3. The quantitative estimate of drug-likeness (QED) is 0.511. The van der Waals surface area contributed by atoms with Crippen LogP contribution in [0.1, 0.15) is 27.7 Å². The molecule has 0 saturated carbocycles. The van der Waals surface area contributed by atoms with Gasteiger partial charge in [-0.15, -0.1) is 5.10 Å². The van der Waals surface area contributed by atoms with E-state index in [-0.39, 0.29) is 11.7 Å². The number of nitrogens with zero attached hydrogens (tertiary/aromatic N) is 4. The number of carbonyl (C=O) groups is 1. The van der Waals surface area contributed by atoms with Crippen LogP contribution in [-0.2, 0) is 13.0 Å². The van der Waals surface area contributed by atoms with E-state index in [1.54, 1.807) is 15.6 Å². The highest BCUT2D eigenvalue weighted by atomic mass is 35.5. The predicted molar refractivity (Wildman–Crippen MR) is 113 cm³/mol. The van der Waals surface area contributed by atoms with E-state index in [1.807, 2.05) is 43.3 Å². The number of aromatic amines is 1. The average Bonchev–Trinajstić information content (AvgIpc) is 3.27. The fourth-order valence-corrected chi connectivity index (χ4v) is 4.22. The van der Waals surface area contributed by atoms with Gasteiger partial charge in [0.2, 0.25) is 5.82 Å². The van der Waals surface area contributed by atoms with E-state index in [9.17, 15) is 4.79 Å². The number of nitrogens with one attached hydrogen (secondary N) is 1. The smallest absolute Gasteiger partial charge is 0.293 e. The zero-order chi connectivity index (χ0) is 20.1. The largest absolute Gasteiger partial charge is 0.358 e. The van der Waals surface area contributed by atoms with E-state index in [4.69, 9.17) is 23.2 Å². The Morgan fingerprint density at radius 1 is 1.17 bits per heavy atom. The molecule has 0 unspecified atom stereocenters. The van der Waals surface area contributed by atoms with E-state index in [2.05, 4.69) is 15.1 Å². The molecule has 0 fully saturated rings. The van der Waals surface area contributed by atoms with Crippen molar-refractivity contribution in [3.63, 3.8) is 0 Å². The van der Waals surface area contributed by atoms with Gasteiger partial charge in [-0.3, -0.25) is 4.79 Å². The second kappa shape index (κ2) is 6.90. The van der Waals surface area contributed by atoms with Crippen molar-refractivity contribution in [2.24, 2.45) is 0 Å². The molecule has 1 N–H and O–H groups in total. The van der Waals surface area contributed by atoms with Crippen LogP contribution in [0, 0.1) is 6.92 Å². The molecule has 0 radical (unpaired) electrons. The highest BCUT2D eigenvalue weighted by molar-refractivity contribution is 6.32. The number of rotatable bonds is 2. The molecule has 2 aromatic carbocycles. The number of hydrogen-bond donors (Lipinski definition) is 1. The van der Waals surface area contributed by atoms with Gasteiger partial charge < -0.3 is 9.88 Å². The summed E-state index contributed by atoms with van der Waals surface area (Å²) in [5, 5.41) is 6.72. The summed E-state index contributed by atoms with van der Waals surface area (Å²) in [5.41, 5.74) is 3.98. The number of aromatic nitrogens is 4. The monoisotopic (exact) mass is 425 g/mol. The third-order valence-electron chi connectivity index (χ3n) is 5.27. The maximum Gasteiger partial charge on any atom is 0.293 e. The second-order valence-electron chi connectivity index (χ2n) is 7.09. The van der Waals surface area contributed by atoms with Crippen LogP contribution in [-0.4, -0.2) is 37.1 Å². The Kier molecular flexibility index (Phi) is 4.33. The highest BCUT2D eigenvalue weighted by Crippen LogP contribution is 2.30. The van der Waals surface area contributed by atoms with Gasteiger partial charge in [-0.1, -0.05) is 35.3 Å². The topological polar surface area (TPSA) is 66.8 Å². The van der Waals surface area contributed by atoms with Crippen LogP contribution < -0.4 is 0 Å². The Bertz CT molecular complexity index is 1260. The van der Waals surface area contributed by atoms with Gasteiger partial charge in [-0.25, -0.2) is 9.67 Å². The van der Waals surface area contributed by atoms with Crippen LogP contribution in [0.3, 0.4) is 0 Å². The summed E-state index contributed by atoms with van der Waals surface area (Å²) >= 11 is 12.5. The minimum atomic E-state index is -0.194. The van der Waals surface area contributed by atoms with E-state index in [1.165, 1.54) is 0 Å². The van der Waals surface area contributed by atoms with E-state index in [0.29, 0.717) is 34.6 Å². The summed E-state index contributed by atoms with van der Waals surface area (Å²) in [7, 11) is 0. The van der Waals surface area contributed by atoms with E-state index >= 15 is 0 Å². The Hall–Kier alpha value is -2.83. The number of aryl methyl sites for hydroxylation is 1. The molecule has 1 aliphatic rings. The van der Waals surface area contributed by atoms with Crippen LogP contribution in [0.4, 0.5) is 0 Å². The first-order chi connectivity index (χ1) is 14.0. The third-order valence-corrected chi connectivity index (χ3v) is 5.82. The molecule has 1 amide bonds. The van der Waals surface area contributed by atoms with Crippen molar-refractivity contribution >= 4 is 40.0 Å². The van der Waals surface area contributed by atoms with Gasteiger partial charge in [0.1, 0.15) is 5.82 Å². The lowest BCUT2D eigenvalue weighted by Gasteiger charge is -2.26. The first kappa shape index (κ1) is 18.2. The van der Waals surface area contributed by atoms with Crippen molar-refractivity contribution in [2.75, 3.05) is 6.54 Å². The Morgan fingerprint density at radius 2 is 2.00 bits per heavy atom. The first-order valence-electron chi connectivity index (χ1n) is 9.28. The predicted octanol–water partition coefficient (Wildman–Crippen LogP) is 4.56. The molecule has 0 spiro atoms. The molecule has 0 atom stereocenters. The lowest BCUT2D eigenvalue weighted by atomic mass is 10.0. The highest BCUT2D eigenvalue weighted by Gasteiger charge is 2.28. The molecule has 1 aliphatic heterocycles. The fraction of sp³-hybridized carbons (Fsp3) is 0.190. The van der Waals surface area contributed by atoms with Gasteiger partial charge in [0.05, 0.1) is 10.7 Å². The van der Waals surface area contributed by atoms with Gasteiger partial charge in [-0.2, -0.15) is 0 Å². The van der Waals surface area contributed by atoms with Gasteiger partial charge in [0, 0.05) is 46.7 Å². The SMILES string of the molecule is Cc1nc(C(=O)N2CCc3[nH]c4ccc(Cl)cc4c3C2)nn1-c1ccccc1Cl. The molecule has 6 nitrogen and oxygen atoms in total. The number of carbonyl (C=O) groups excluding carboxylic acids is 1. The summed E-state index contributed by atoms with van der Waals surface area (Å²) in [6, 6.07) is 13.1. The Morgan fingerprint density at radius 3 is 2.83 bits per heavy atom. The van der Waals surface area contributed by atoms with Crippen LogP contribution in [0.5, 0.6) is 0 Å². The van der Waals surface area contributed by atoms with Crippen molar-refractivity contribution < 1.29 is 4.79 Å². The summed E-state index contributed by atoms with van der Waals surface area (Å²) in [6.45, 7) is 2.91. The molecule has 8 heteroatoms. The van der Waals surface area contributed by atoms with Gasteiger partial charge in [-0.05, 0) is 37.3 Å². The number of fused-ring (bicyclic) bond motifs is 3. The Balaban J connectivity index is 1.47. The van der Waals surface area contributed by atoms with Gasteiger partial charge in [0.25, 0.3) is 5.91 Å². The fourth-order valence-electron chi connectivity index (χ4n) is 3.83. The van der Waals surface area contributed by atoms with E-state index < -0.39 is 0 Å². The number of halogens is 2. The minimum Gasteiger partial charge on any atom is -0.358 e. The van der Waals surface area contributed by atoms with Crippen molar-refractivity contribution in [1.29, 1.82) is 0 Å². The average molecular weight is 426 g/mol. The lowest BCUT2D eigenvalue weighted by Crippen LogP contribution is -2.36. The summed E-state index contributed by atoms with van der Waals surface area (Å²) < 4.78 is 1.61. The number of para-hydroxylation sites is 1. The summed E-state index contributed by atoms with van der Waals surface area (Å²) in [5.74, 6) is 0.586. The molecule has 5 rings (SSSR count). The van der Waals surface area contributed by atoms with Crippen LogP contribution in [0.25, 0.3) is 16.6 Å². The van der Waals surface area contributed by atoms with Crippen molar-refractivity contribution in [3.05, 3.63) is 75.4 Å². The second-order valence-corrected chi connectivity index (χ2v) is 7.94. The molecular weight excluding hydrogens is 409 g/mol. The zero-order valence-corrected chi connectivity index (χ0v) is 17.1. The molecule has 4 aromatic rings. The van der Waals surface area contributed by atoms with Crippen LogP contribution in [0.2, 0.25) is 10.0 Å². The number of H-pyrrole nitrogens is 1. The van der Waals surface area contributed by atoms with Gasteiger partial charge in [0.15, 0.2) is 0 Å². The van der Waals surface area contributed by atoms with Crippen LogP contribution >= 0.6 is 23.2 Å². The summed E-state index contributed by atoms with van der Waals surface area (Å²) in [4.78, 5) is 22.7. The lowest BCUT2D eigenvalue weighted by molar-refractivity contribution is 0.0722. The van der Waals surface area contributed by atoms with Gasteiger partial charge >= 0.3 is 0 Å². The molecule has 3 heterocycles. The normalized spacial score (nSPS) is 13.7. The third kappa shape index (κ3) is 3.09. The number of amides is 1.